The van der Waals surface area contributed by atoms with Crippen LogP contribution in [0, 0.1) is 0 Å². The van der Waals surface area contributed by atoms with E-state index in [4.69, 9.17) is 23.3 Å². The van der Waals surface area contributed by atoms with Crippen molar-refractivity contribution in [2.45, 2.75) is 277 Å². The van der Waals surface area contributed by atoms with Crippen molar-refractivity contribution in [3.63, 3.8) is 0 Å². The minimum Gasteiger partial charge on any atom is -0.462 e. The zero-order chi connectivity index (χ0) is 54.1. The lowest BCUT2D eigenvalue weighted by Gasteiger charge is -2.21. The summed E-state index contributed by atoms with van der Waals surface area (Å²) in [4.78, 5) is 48.6. The lowest BCUT2D eigenvalue weighted by Crippen LogP contribution is -2.30. The molecule has 0 amide bonds. The van der Waals surface area contributed by atoms with Crippen LogP contribution < -0.4 is 0 Å². The minimum absolute atomic E-state index is 0.0881. The number of carbonyl (C=O) groups is 3. The predicted octanol–water partition coefficient (Wildman–Crippen LogP) is 17.7. The molecular formula is C62H109O11P. The average Bonchev–Trinajstić information content (AvgIpc) is 3.39. The molecule has 3 unspecified atom stereocenters. The van der Waals surface area contributed by atoms with Crippen LogP contribution in [0.15, 0.2) is 72.9 Å². The molecule has 0 aliphatic rings. The van der Waals surface area contributed by atoms with E-state index < -0.39 is 57.8 Å². The van der Waals surface area contributed by atoms with Gasteiger partial charge in [-0.2, -0.15) is 0 Å². The number of ether oxygens (including phenoxy) is 3. The average molecular weight is 1060 g/mol. The second-order valence-electron chi connectivity index (χ2n) is 19.8. The number of hydrogen-bond acceptors (Lipinski definition) is 10. The molecule has 0 saturated carbocycles. The van der Waals surface area contributed by atoms with Gasteiger partial charge in [0.25, 0.3) is 0 Å². The highest BCUT2D eigenvalue weighted by Crippen LogP contribution is 2.43. The Morgan fingerprint density at radius 3 is 1.15 bits per heavy atom. The Balaban J connectivity index is 4.80. The van der Waals surface area contributed by atoms with E-state index in [1.807, 2.05) is 12.2 Å². The normalized spacial score (nSPS) is 13.9. The first-order chi connectivity index (χ1) is 36.2. The molecule has 0 aliphatic carbocycles. The summed E-state index contributed by atoms with van der Waals surface area (Å²) in [7, 11) is -4.76. The second kappa shape index (κ2) is 56.1. The lowest BCUT2D eigenvalue weighted by atomic mass is 10.0. The topological polar surface area (TPSA) is 155 Å². The molecule has 0 aromatic heterocycles. The highest BCUT2D eigenvalue weighted by Gasteiger charge is 2.28. The third-order valence-electron chi connectivity index (χ3n) is 12.6. The van der Waals surface area contributed by atoms with Crippen molar-refractivity contribution in [3.05, 3.63) is 72.9 Å². The highest BCUT2D eigenvalue weighted by atomic mass is 31.2. The Labute approximate surface area is 452 Å². The maximum Gasteiger partial charge on any atom is 0.472 e. The van der Waals surface area contributed by atoms with Crippen molar-refractivity contribution in [3.8, 4) is 0 Å². The molecule has 0 aromatic carbocycles. The summed E-state index contributed by atoms with van der Waals surface area (Å²) < 4.78 is 39.5. The molecule has 0 aromatic rings. The molecule has 74 heavy (non-hydrogen) atoms. The molecule has 11 nitrogen and oxygen atoms in total. The van der Waals surface area contributed by atoms with Crippen LogP contribution in [0.3, 0.4) is 0 Å². The Bertz CT molecular complexity index is 1520. The fourth-order valence-electron chi connectivity index (χ4n) is 8.09. The van der Waals surface area contributed by atoms with Crippen molar-refractivity contribution in [1.29, 1.82) is 0 Å². The fraction of sp³-hybridized carbons (Fsp3) is 0.758. The van der Waals surface area contributed by atoms with E-state index in [-0.39, 0.29) is 25.9 Å². The van der Waals surface area contributed by atoms with E-state index >= 15 is 0 Å². The van der Waals surface area contributed by atoms with Crippen LogP contribution in [-0.2, 0) is 42.2 Å². The van der Waals surface area contributed by atoms with Crippen molar-refractivity contribution in [2.24, 2.45) is 0 Å². The van der Waals surface area contributed by atoms with E-state index in [1.54, 1.807) is 0 Å². The van der Waals surface area contributed by atoms with Gasteiger partial charge in [-0.15, -0.1) is 0 Å². The molecule has 0 heterocycles. The molecule has 0 radical (unpaired) electrons. The van der Waals surface area contributed by atoms with Crippen LogP contribution in [-0.4, -0.2) is 66.5 Å². The standard InChI is InChI=1S/C62H109O11P/c1-4-7-10-13-16-19-22-25-27-29-31-34-36-39-42-45-48-51-60(64)69-55-59(73-62(66)53-50-47-44-41-38-35-32-30-28-26-23-20-17-14-11-8-5-2)57-71-74(67,68)70-56-58(54-63)72-61(65)52-49-46-43-40-37-33-24-21-18-15-12-9-6-3/h8,11,17,20,25-28,32,35,41,44,58-59,63H,4-7,9-10,12-16,18-19,21-24,29-31,33-34,36-40,42-43,45-57H2,1-3H3,(H,67,68)/b11-8-,20-17-,27-25-,28-26-,35-32-,44-41-. The number of hydrogen-bond donors (Lipinski definition) is 2. The number of aliphatic hydroxyl groups is 1. The molecule has 12 heteroatoms. The first kappa shape index (κ1) is 70.9. The molecule has 0 saturated heterocycles. The molecule has 0 spiro atoms. The molecule has 3 atom stereocenters. The quantitative estimate of drug-likeness (QED) is 0.0197. The number of unbranched alkanes of at least 4 members (excludes halogenated alkanes) is 26. The molecule has 0 fully saturated rings. The number of esters is 3. The Morgan fingerprint density at radius 1 is 0.392 bits per heavy atom. The van der Waals surface area contributed by atoms with Crippen LogP contribution in [0.5, 0.6) is 0 Å². The number of allylic oxidation sites excluding steroid dienone is 12. The van der Waals surface area contributed by atoms with E-state index in [9.17, 15) is 28.9 Å². The summed E-state index contributed by atoms with van der Waals surface area (Å²) in [6, 6.07) is 0. The van der Waals surface area contributed by atoms with E-state index in [0.717, 1.165) is 77.0 Å². The maximum atomic E-state index is 12.9. The van der Waals surface area contributed by atoms with Crippen LogP contribution in [0.4, 0.5) is 0 Å². The first-order valence-corrected chi connectivity index (χ1v) is 31.3. The summed E-state index contributed by atoms with van der Waals surface area (Å²) >= 11 is 0. The monoisotopic (exact) mass is 1060 g/mol. The Hall–Kier alpha value is -3.08. The van der Waals surface area contributed by atoms with Gasteiger partial charge in [0, 0.05) is 19.3 Å². The first-order valence-electron chi connectivity index (χ1n) is 29.8. The summed E-state index contributed by atoms with van der Waals surface area (Å²) in [5.41, 5.74) is 0. The zero-order valence-electron chi connectivity index (χ0n) is 47.3. The number of carbonyl (C=O) groups excluding carboxylic acids is 3. The Kier molecular flexibility index (Phi) is 53.8. The third kappa shape index (κ3) is 53.7. The second-order valence-corrected chi connectivity index (χ2v) is 21.2. The van der Waals surface area contributed by atoms with Gasteiger partial charge in [0.1, 0.15) is 12.7 Å². The molecule has 0 bridgehead atoms. The van der Waals surface area contributed by atoms with Crippen molar-refractivity contribution in [1.82, 2.24) is 0 Å². The molecule has 0 rings (SSSR count). The van der Waals surface area contributed by atoms with Gasteiger partial charge in [0.2, 0.25) is 0 Å². The number of phosphoric acid groups is 1. The van der Waals surface area contributed by atoms with Gasteiger partial charge >= 0.3 is 25.7 Å². The van der Waals surface area contributed by atoms with Crippen molar-refractivity contribution >= 4 is 25.7 Å². The maximum absolute atomic E-state index is 12.9. The minimum atomic E-state index is -4.76. The molecular weight excluding hydrogens is 952 g/mol. The van der Waals surface area contributed by atoms with E-state index in [1.165, 1.54) is 122 Å². The van der Waals surface area contributed by atoms with Crippen molar-refractivity contribution in [2.75, 3.05) is 26.4 Å². The highest BCUT2D eigenvalue weighted by molar-refractivity contribution is 7.47. The van der Waals surface area contributed by atoms with E-state index in [2.05, 4.69) is 81.5 Å². The Morgan fingerprint density at radius 2 is 0.716 bits per heavy atom. The summed E-state index contributed by atoms with van der Waals surface area (Å²) in [6.45, 7) is 4.48. The van der Waals surface area contributed by atoms with Crippen LogP contribution in [0.25, 0.3) is 0 Å². The van der Waals surface area contributed by atoms with Crippen LogP contribution in [0.2, 0.25) is 0 Å². The largest absolute Gasteiger partial charge is 0.472 e. The SMILES string of the molecule is CC/C=C\C/C=C\C/C=C\C/C=C\C/C=C\CCCC(=O)OC(COC(=O)CCCCCCCCC/C=C\CCCCCCCC)COP(=O)(O)OCC(CO)OC(=O)CCCCCCCCCCCCCCC. The third-order valence-corrected chi connectivity index (χ3v) is 13.6. The number of rotatable bonds is 55. The number of aliphatic hydroxyl groups excluding tert-OH is 1. The van der Waals surface area contributed by atoms with Crippen molar-refractivity contribution < 1.29 is 52.2 Å². The van der Waals surface area contributed by atoms with Gasteiger partial charge in [-0.3, -0.25) is 23.4 Å². The zero-order valence-corrected chi connectivity index (χ0v) is 48.2. The van der Waals surface area contributed by atoms with E-state index in [0.29, 0.717) is 25.7 Å². The smallest absolute Gasteiger partial charge is 0.462 e. The van der Waals surface area contributed by atoms with Gasteiger partial charge in [0.05, 0.1) is 19.8 Å². The molecule has 2 N–H and O–H groups in total. The summed E-state index contributed by atoms with van der Waals surface area (Å²) in [6.07, 6.45) is 62.9. The number of phosphoric ester groups is 1. The summed E-state index contributed by atoms with van der Waals surface area (Å²) in [5, 5.41) is 9.81. The lowest BCUT2D eigenvalue weighted by molar-refractivity contribution is -0.161. The van der Waals surface area contributed by atoms with Gasteiger partial charge in [-0.1, -0.05) is 235 Å². The van der Waals surface area contributed by atoms with Gasteiger partial charge in [0.15, 0.2) is 6.10 Å². The van der Waals surface area contributed by atoms with Gasteiger partial charge in [-0.05, 0) is 83.5 Å². The van der Waals surface area contributed by atoms with Crippen LogP contribution >= 0.6 is 7.82 Å². The van der Waals surface area contributed by atoms with Gasteiger partial charge in [-0.25, -0.2) is 4.57 Å². The fourth-order valence-corrected chi connectivity index (χ4v) is 8.88. The molecule has 0 aliphatic heterocycles. The molecule has 428 valence electrons. The van der Waals surface area contributed by atoms with Crippen LogP contribution in [0.1, 0.15) is 265 Å². The summed E-state index contributed by atoms with van der Waals surface area (Å²) in [5.74, 6) is -1.53. The van der Waals surface area contributed by atoms with Gasteiger partial charge < -0.3 is 24.2 Å². The predicted molar refractivity (Wildman–Crippen MR) is 307 cm³/mol.